The summed E-state index contributed by atoms with van der Waals surface area (Å²) in [7, 11) is 1.46. The number of nitrogens with one attached hydrogen (secondary N) is 1. The Bertz CT molecular complexity index is 409. The summed E-state index contributed by atoms with van der Waals surface area (Å²) in [6.07, 6.45) is 3.44. The summed E-state index contributed by atoms with van der Waals surface area (Å²) < 4.78 is 5.03. The Morgan fingerprint density at radius 3 is 2.26 bits per heavy atom. The third-order valence-corrected chi connectivity index (χ3v) is 3.45. The smallest absolute Gasteiger partial charge is 0.331 e. The van der Waals surface area contributed by atoms with E-state index in [1.807, 2.05) is 31.2 Å². The maximum atomic E-state index is 12.2. The fourth-order valence-electron chi connectivity index (χ4n) is 2.53. The highest BCUT2D eigenvalue weighted by Crippen LogP contribution is 2.28. The predicted molar refractivity (Wildman–Crippen MR) is 79.4 cm³/mol. The van der Waals surface area contributed by atoms with Crippen LogP contribution in [0.15, 0.2) is 24.3 Å². The van der Waals surface area contributed by atoms with Gasteiger partial charge in [-0.1, -0.05) is 44.9 Å². The van der Waals surface area contributed by atoms with Gasteiger partial charge in [-0.3, -0.25) is 0 Å². The number of aryl methyl sites for hydroxylation is 1. The lowest BCUT2D eigenvalue weighted by Crippen LogP contribution is -2.47. The summed E-state index contributed by atoms with van der Waals surface area (Å²) in [4.78, 5) is 12.2. The maximum absolute atomic E-state index is 12.2. The Morgan fingerprint density at radius 1 is 1.21 bits per heavy atom. The van der Waals surface area contributed by atoms with E-state index in [1.54, 1.807) is 0 Å². The van der Waals surface area contributed by atoms with Crippen molar-refractivity contribution < 1.29 is 9.53 Å². The minimum absolute atomic E-state index is 0.167. The lowest BCUT2D eigenvalue weighted by Gasteiger charge is -2.33. The van der Waals surface area contributed by atoms with Gasteiger partial charge in [0, 0.05) is 5.69 Å². The second-order valence-corrected chi connectivity index (χ2v) is 5.01. The Morgan fingerprint density at radius 2 is 1.79 bits per heavy atom. The average molecular weight is 263 g/mol. The Balaban J connectivity index is 3.08. The number of esters is 1. The van der Waals surface area contributed by atoms with Crippen LogP contribution in [-0.2, 0) is 9.53 Å². The molecule has 0 aliphatic rings. The molecule has 106 valence electrons. The number of carbonyl (C=O) groups is 1. The lowest BCUT2D eigenvalue weighted by atomic mass is 9.88. The number of methoxy groups -OCH3 is 1. The van der Waals surface area contributed by atoms with E-state index in [4.69, 9.17) is 4.74 Å². The number of hydrogen-bond donors (Lipinski definition) is 1. The first-order valence-electron chi connectivity index (χ1n) is 7.02. The molecule has 19 heavy (non-hydrogen) atoms. The van der Waals surface area contributed by atoms with Crippen LogP contribution in [0.2, 0.25) is 0 Å². The van der Waals surface area contributed by atoms with E-state index in [1.165, 1.54) is 7.11 Å². The fraction of sp³-hybridized carbons (Fsp3) is 0.562. The molecule has 0 saturated carbocycles. The second kappa shape index (κ2) is 7.17. The molecule has 1 aromatic carbocycles. The standard InChI is InChI=1S/C16H25NO2/c1-5-11-16(12-6-2,15(18)19-4)17-14-10-8-7-9-13(14)3/h7-10,17H,5-6,11-12H2,1-4H3. The average Bonchev–Trinajstić information content (AvgIpc) is 2.41. The van der Waals surface area contributed by atoms with Crippen molar-refractivity contribution in [1.29, 1.82) is 0 Å². The minimum atomic E-state index is -0.607. The van der Waals surface area contributed by atoms with Crippen LogP contribution < -0.4 is 5.32 Å². The van der Waals surface area contributed by atoms with Gasteiger partial charge in [0.25, 0.3) is 0 Å². The molecule has 3 nitrogen and oxygen atoms in total. The molecule has 1 aromatic rings. The van der Waals surface area contributed by atoms with Crippen LogP contribution in [0.25, 0.3) is 0 Å². The van der Waals surface area contributed by atoms with Gasteiger partial charge in [-0.25, -0.2) is 4.79 Å². The lowest BCUT2D eigenvalue weighted by molar-refractivity contribution is -0.146. The van der Waals surface area contributed by atoms with Crippen LogP contribution in [0.1, 0.15) is 45.1 Å². The van der Waals surface area contributed by atoms with Crippen molar-refractivity contribution in [2.75, 3.05) is 12.4 Å². The van der Waals surface area contributed by atoms with E-state index in [9.17, 15) is 4.79 Å². The summed E-state index contributed by atoms with van der Waals surface area (Å²) in [6, 6.07) is 8.04. The topological polar surface area (TPSA) is 38.3 Å². The largest absolute Gasteiger partial charge is 0.467 e. The molecule has 0 heterocycles. The molecule has 0 spiro atoms. The number of anilines is 1. The molecule has 1 N–H and O–H groups in total. The van der Waals surface area contributed by atoms with Crippen molar-refractivity contribution >= 4 is 11.7 Å². The summed E-state index contributed by atoms with van der Waals surface area (Å²) in [6.45, 7) is 6.22. The van der Waals surface area contributed by atoms with E-state index in [2.05, 4.69) is 19.2 Å². The monoisotopic (exact) mass is 263 g/mol. The highest BCUT2D eigenvalue weighted by molar-refractivity contribution is 5.84. The van der Waals surface area contributed by atoms with Crippen molar-refractivity contribution in [3.05, 3.63) is 29.8 Å². The summed E-state index contributed by atoms with van der Waals surface area (Å²) in [5.74, 6) is -0.167. The van der Waals surface area contributed by atoms with Crippen LogP contribution in [0.5, 0.6) is 0 Å². The zero-order valence-electron chi connectivity index (χ0n) is 12.5. The molecular formula is C16H25NO2. The molecule has 1 rings (SSSR count). The van der Waals surface area contributed by atoms with Crippen molar-refractivity contribution in [3.63, 3.8) is 0 Å². The van der Waals surface area contributed by atoms with Crippen LogP contribution in [-0.4, -0.2) is 18.6 Å². The molecule has 0 radical (unpaired) electrons. The molecule has 0 bridgehead atoms. The van der Waals surface area contributed by atoms with E-state index >= 15 is 0 Å². The third-order valence-electron chi connectivity index (χ3n) is 3.45. The van der Waals surface area contributed by atoms with E-state index in [0.717, 1.165) is 36.9 Å². The van der Waals surface area contributed by atoms with Gasteiger partial charge in [0.2, 0.25) is 0 Å². The number of rotatable bonds is 7. The molecule has 0 aromatic heterocycles. The van der Waals surface area contributed by atoms with Crippen LogP contribution in [0, 0.1) is 6.92 Å². The van der Waals surface area contributed by atoms with E-state index in [0.29, 0.717) is 0 Å². The number of benzene rings is 1. The van der Waals surface area contributed by atoms with E-state index < -0.39 is 5.54 Å². The van der Waals surface area contributed by atoms with Crippen molar-refractivity contribution in [2.24, 2.45) is 0 Å². The SMILES string of the molecule is CCCC(CCC)(Nc1ccccc1C)C(=O)OC. The summed E-state index contributed by atoms with van der Waals surface area (Å²) in [5, 5.41) is 3.44. The molecule has 0 unspecified atom stereocenters. The fourth-order valence-corrected chi connectivity index (χ4v) is 2.53. The van der Waals surface area contributed by atoms with Gasteiger partial charge >= 0.3 is 5.97 Å². The molecule has 0 saturated heterocycles. The van der Waals surface area contributed by atoms with Gasteiger partial charge in [0.1, 0.15) is 5.54 Å². The normalized spacial score (nSPS) is 11.2. The van der Waals surface area contributed by atoms with Gasteiger partial charge in [0.05, 0.1) is 7.11 Å². The van der Waals surface area contributed by atoms with Gasteiger partial charge in [-0.15, -0.1) is 0 Å². The quantitative estimate of drug-likeness (QED) is 0.758. The number of ether oxygens (including phenoxy) is 1. The Hall–Kier alpha value is -1.51. The highest BCUT2D eigenvalue weighted by atomic mass is 16.5. The zero-order valence-corrected chi connectivity index (χ0v) is 12.5. The van der Waals surface area contributed by atoms with Crippen molar-refractivity contribution in [1.82, 2.24) is 0 Å². The van der Waals surface area contributed by atoms with Gasteiger partial charge < -0.3 is 10.1 Å². The molecule has 0 atom stereocenters. The summed E-state index contributed by atoms with van der Waals surface area (Å²) in [5.41, 5.74) is 1.54. The first kappa shape index (κ1) is 15.5. The molecule has 0 fully saturated rings. The first-order chi connectivity index (χ1) is 9.09. The molecule has 0 aliphatic carbocycles. The van der Waals surface area contributed by atoms with Crippen LogP contribution in [0.3, 0.4) is 0 Å². The minimum Gasteiger partial charge on any atom is -0.467 e. The molecule has 0 amide bonds. The predicted octanol–water partition coefficient (Wildman–Crippen LogP) is 3.92. The highest BCUT2D eigenvalue weighted by Gasteiger charge is 2.38. The third kappa shape index (κ3) is 3.72. The first-order valence-corrected chi connectivity index (χ1v) is 7.02. The Labute approximate surface area is 116 Å². The summed E-state index contributed by atoms with van der Waals surface area (Å²) >= 11 is 0. The van der Waals surface area contributed by atoms with Crippen molar-refractivity contribution in [3.8, 4) is 0 Å². The number of carbonyl (C=O) groups excluding carboxylic acids is 1. The van der Waals surface area contributed by atoms with Crippen LogP contribution in [0.4, 0.5) is 5.69 Å². The maximum Gasteiger partial charge on any atom is 0.331 e. The molecule has 0 aliphatic heterocycles. The number of hydrogen-bond acceptors (Lipinski definition) is 3. The Kier molecular flexibility index (Phi) is 5.87. The second-order valence-electron chi connectivity index (χ2n) is 5.01. The van der Waals surface area contributed by atoms with Gasteiger partial charge in [-0.05, 0) is 31.4 Å². The zero-order chi connectivity index (χ0) is 14.3. The van der Waals surface area contributed by atoms with Crippen LogP contribution >= 0.6 is 0 Å². The molecule has 3 heteroatoms. The van der Waals surface area contributed by atoms with E-state index in [-0.39, 0.29) is 5.97 Å². The van der Waals surface area contributed by atoms with Crippen molar-refractivity contribution in [2.45, 2.75) is 52.0 Å². The molecular weight excluding hydrogens is 238 g/mol. The van der Waals surface area contributed by atoms with Gasteiger partial charge in [-0.2, -0.15) is 0 Å². The van der Waals surface area contributed by atoms with Gasteiger partial charge in [0.15, 0.2) is 0 Å². The number of para-hydroxylation sites is 1.